The van der Waals surface area contributed by atoms with E-state index in [1.54, 1.807) is 0 Å². The Morgan fingerprint density at radius 1 is 1.23 bits per heavy atom. The molecule has 1 unspecified atom stereocenters. The number of methoxy groups -OCH3 is 1. The van der Waals surface area contributed by atoms with Crippen LogP contribution in [-0.2, 0) is 9.53 Å². The zero-order valence-corrected chi connectivity index (χ0v) is 15.5. The third kappa shape index (κ3) is 3.89. The Balaban J connectivity index is 1.96. The Morgan fingerprint density at radius 3 is 2.58 bits per heavy atom. The first-order valence-corrected chi connectivity index (χ1v) is 8.85. The highest BCUT2D eigenvalue weighted by atomic mass is 16.5. The number of hydrogen-bond acceptors (Lipinski definition) is 5. The molecule has 1 atom stereocenters. The Morgan fingerprint density at radius 2 is 1.92 bits per heavy atom. The van der Waals surface area contributed by atoms with Crippen LogP contribution in [0.15, 0.2) is 35.5 Å². The lowest BCUT2D eigenvalue weighted by atomic mass is 9.92. The summed E-state index contributed by atoms with van der Waals surface area (Å²) >= 11 is 0. The Kier molecular flexibility index (Phi) is 5.58. The van der Waals surface area contributed by atoms with Crippen LogP contribution in [0.25, 0.3) is 0 Å². The van der Waals surface area contributed by atoms with Gasteiger partial charge in [-0.25, -0.2) is 9.59 Å². The fourth-order valence-corrected chi connectivity index (χ4v) is 3.47. The summed E-state index contributed by atoms with van der Waals surface area (Å²) in [6, 6.07) is 6.94. The molecule has 3 rings (SSSR count). The van der Waals surface area contributed by atoms with Gasteiger partial charge in [0.15, 0.2) is 0 Å². The van der Waals surface area contributed by atoms with E-state index < -0.39 is 12.0 Å². The molecule has 0 aromatic heterocycles. The fourth-order valence-electron chi connectivity index (χ4n) is 3.47. The number of urea groups is 1. The van der Waals surface area contributed by atoms with Gasteiger partial charge in [-0.1, -0.05) is 24.3 Å². The number of hydrogen-bond donors (Lipinski definition) is 2. The highest BCUT2D eigenvalue weighted by Crippen LogP contribution is 2.30. The molecule has 26 heavy (non-hydrogen) atoms. The molecule has 140 valence electrons. The minimum absolute atomic E-state index is 0.296. The van der Waals surface area contributed by atoms with Crippen LogP contribution in [0.2, 0.25) is 0 Å². The predicted octanol–water partition coefficient (Wildman–Crippen LogP) is 1.02. The lowest BCUT2D eigenvalue weighted by Gasteiger charge is -2.35. The molecule has 0 bridgehead atoms. The summed E-state index contributed by atoms with van der Waals surface area (Å²) in [5.41, 5.74) is 3.01. The topological polar surface area (TPSA) is 73.9 Å². The van der Waals surface area contributed by atoms with Crippen LogP contribution in [0.5, 0.6) is 0 Å². The number of ether oxygens (including phenoxy) is 1. The van der Waals surface area contributed by atoms with E-state index in [-0.39, 0.29) is 6.03 Å². The van der Waals surface area contributed by atoms with Crippen LogP contribution in [-0.4, -0.2) is 68.7 Å². The predicted molar refractivity (Wildman–Crippen MR) is 98.6 cm³/mol. The van der Waals surface area contributed by atoms with Gasteiger partial charge in [-0.2, -0.15) is 0 Å². The van der Waals surface area contributed by atoms with Gasteiger partial charge in [-0.3, -0.25) is 4.90 Å². The number of piperazine rings is 1. The standard InChI is InChI=1S/C19H26N4O3/c1-13-6-4-5-7-14(13)17-16(18(24)26-3)15(20-19(25)21-17)12-23-10-8-22(2)9-11-23/h4-7,17H,8-12H2,1-3H3,(H2,20,21,25). The zero-order valence-electron chi connectivity index (χ0n) is 15.5. The number of esters is 1. The van der Waals surface area contributed by atoms with Crippen LogP contribution in [0.4, 0.5) is 4.79 Å². The number of aryl methyl sites for hydroxylation is 1. The van der Waals surface area contributed by atoms with Gasteiger partial charge in [0.05, 0.1) is 18.7 Å². The molecule has 1 fully saturated rings. The molecule has 2 amide bonds. The second-order valence-electron chi connectivity index (χ2n) is 6.85. The monoisotopic (exact) mass is 358 g/mol. The second kappa shape index (κ2) is 7.88. The van der Waals surface area contributed by atoms with Crippen LogP contribution in [0.1, 0.15) is 17.2 Å². The molecule has 1 aromatic carbocycles. The van der Waals surface area contributed by atoms with Gasteiger partial charge in [0, 0.05) is 38.4 Å². The molecule has 0 aliphatic carbocycles. The average Bonchev–Trinajstić information content (AvgIpc) is 2.63. The number of carbonyl (C=O) groups is 2. The third-order valence-electron chi connectivity index (χ3n) is 5.04. The van der Waals surface area contributed by atoms with E-state index >= 15 is 0 Å². The van der Waals surface area contributed by atoms with Crippen molar-refractivity contribution >= 4 is 12.0 Å². The number of rotatable bonds is 4. The quantitative estimate of drug-likeness (QED) is 0.787. The molecule has 2 N–H and O–H groups in total. The maximum Gasteiger partial charge on any atom is 0.338 e. The number of carbonyl (C=O) groups excluding carboxylic acids is 2. The highest BCUT2D eigenvalue weighted by Gasteiger charge is 2.34. The van der Waals surface area contributed by atoms with Gasteiger partial charge in [-0.15, -0.1) is 0 Å². The SMILES string of the molecule is COC(=O)C1=C(CN2CCN(C)CC2)NC(=O)NC1c1ccccc1C. The van der Waals surface area contributed by atoms with Crippen molar-refractivity contribution in [3.05, 3.63) is 46.7 Å². The first kappa shape index (κ1) is 18.4. The van der Waals surface area contributed by atoms with Gasteiger partial charge in [-0.05, 0) is 25.1 Å². The second-order valence-corrected chi connectivity index (χ2v) is 6.85. The number of benzene rings is 1. The van der Waals surface area contributed by atoms with E-state index in [1.165, 1.54) is 7.11 Å². The molecule has 0 radical (unpaired) electrons. The Hall–Kier alpha value is -2.38. The average molecular weight is 358 g/mol. The van der Waals surface area contributed by atoms with Crippen LogP contribution >= 0.6 is 0 Å². The summed E-state index contributed by atoms with van der Waals surface area (Å²) < 4.78 is 5.04. The molecular weight excluding hydrogens is 332 g/mol. The lowest BCUT2D eigenvalue weighted by molar-refractivity contribution is -0.136. The van der Waals surface area contributed by atoms with Gasteiger partial charge >= 0.3 is 12.0 Å². The summed E-state index contributed by atoms with van der Waals surface area (Å²) in [6.07, 6.45) is 0. The molecular formula is C19H26N4O3. The number of amides is 2. The van der Waals surface area contributed by atoms with E-state index in [9.17, 15) is 9.59 Å². The van der Waals surface area contributed by atoms with Crippen molar-refractivity contribution in [3.8, 4) is 0 Å². The van der Waals surface area contributed by atoms with Crippen molar-refractivity contribution in [3.63, 3.8) is 0 Å². The summed E-state index contributed by atoms with van der Waals surface area (Å²) in [7, 11) is 3.46. The van der Waals surface area contributed by atoms with Crippen molar-refractivity contribution in [2.45, 2.75) is 13.0 Å². The maximum atomic E-state index is 12.6. The van der Waals surface area contributed by atoms with Crippen LogP contribution in [0, 0.1) is 6.92 Å². The summed E-state index contributed by atoms with van der Waals surface area (Å²) in [6.45, 7) is 6.22. The van der Waals surface area contributed by atoms with Crippen molar-refractivity contribution in [1.82, 2.24) is 20.4 Å². The van der Waals surface area contributed by atoms with Gasteiger partial charge < -0.3 is 20.3 Å². The van der Waals surface area contributed by atoms with Gasteiger partial charge in [0.2, 0.25) is 0 Å². The van der Waals surface area contributed by atoms with E-state index in [1.807, 2.05) is 31.2 Å². The van der Waals surface area contributed by atoms with Gasteiger partial charge in [0.1, 0.15) is 0 Å². The Labute approximate surface area is 154 Å². The molecule has 1 aromatic rings. The smallest absolute Gasteiger partial charge is 0.338 e. The molecule has 2 aliphatic rings. The van der Waals surface area contributed by atoms with E-state index in [2.05, 4.69) is 27.5 Å². The summed E-state index contributed by atoms with van der Waals surface area (Å²) in [5, 5.41) is 5.71. The molecule has 7 heteroatoms. The summed E-state index contributed by atoms with van der Waals surface area (Å²) in [4.78, 5) is 29.4. The number of nitrogens with one attached hydrogen (secondary N) is 2. The van der Waals surface area contributed by atoms with Gasteiger partial charge in [0.25, 0.3) is 0 Å². The van der Waals surface area contributed by atoms with Crippen molar-refractivity contribution < 1.29 is 14.3 Å². The molecule has 1 saturated heterocycles. The molecule has 2 heterocycles. The van der Waals surface area contributed by atoms with Crippen molar-refractivity contribution in [1.29, 1.82) is 0 Å². The number of likely N-dealkylation sites (N-methyl/N-ethyl adjacent to an activating group) is 1. The summed E-state index contributed by atoms with van der Waals surface area (Å²) in [5.74, 6) is -0.421. The normalized spacial score (nSPS) is 22.0. The largest absolute Gasteiger partial charge is 0.466 e. The first-order chi connectivity index (χ1) is 12.5. The molecule has 2 aliphatic heterocycles. The minimum Gasteiger partial charge on any atom is -0.466 e. The van der Waals surface area contributed by atoms with Crippen LogP contribution in [0.3, 0.4) is 0 Å². The molecule has 0 saturated carbocycles. The van der Waals surface area contributed by atoms with Crippen molar-refractivity contribution in [2.75, 3.05) is 46.9 Å². The first-order valence-electron chi connectivity index (χ1n) is 8.85. The van der Waals surface area contributed by atoms with Crippen LogP contribution < -0.4 is 10.6 Å². The maximum absolute atomic E-state index is 12.6. The zero-order chi connectivity index (χ0) is 18.7. The molecule has 0 spiro atoms. The van der Waals surface area contributed by atoms with E-state index in [4.69, 9.17) is 4.74 Å². The third-order valence-corrected chi connectivity index (χ3v) is 5.04. The molecule has 7 nitrogen and oxygen atoms in total. The van der Waals surface area contributed by atoms with E-state index in [0.29, 0.717) is 17.8 Å². The lowest BCUT2D eigenvalue weighted by Crippen LogP contribution is -2.51. The van der Waals surface area contributed by atoms with Crippen molar-refractivity contribution in [2.24, 2.45) is 0 Å². The van der Waals surface area contributed by atoms with E-state index in [0.717, 1.165) is 37.3 Å². The highest BCUT2D eigenvalue weighted by molar-refractivity contribution is 5.95. The number of nitrogens with zero attached hydrogens (tertiary/aromatic N) is 2. The fraction of sp³-hybridized carbons (Fsp3) is 0.474. The minimum atomic E-state index is -0.514. The Bertz CT molecular complexity index is 723.